The van der Waals surface area contributed by atoms with Crippen molar-refractivity contribution in [2.75, 3.05) is 0 Å². The van der Waals surface area contributed by atoms with Crippen LogP contribution in [0.4, 0.5) is 0 Å². The molecule has 2 N–H and O–H groups in total. The first-order valence-electron chi connectivity index (χ1n) is 6.35. The van der Waals surface area contributed by atoms with E-state index in [1.54, 1.807) is 0 Å². The summed E-state index contributed by atoms with van der Waals surface area (Å²) in [5.74, 6) is 1.06. The van der Waals surface area contributed by atoms with Gasteiger partial charge in [-0.1, -0.05) is 32.4 Å². The molecule has 98 valence electrons. The van der Waals surface area contributed by atoms with Crippen molar-refractivity contribution in [3.63, 3.8) is 0 Å². The first-order chi connectivity index (χ1) is 7.88. The molecular weight excluding hydrogens is 234 g/mol. The molecule has 2 atom stereocenters. The monoisotopic (exact) mass is 257 g/mol. The third kappa shape index (κ3) is 3.23. The van der Waals surface area contributed by atoms with Crippen molar-refractivity contribution < 1.29 is 0 Å². The van der Waals surface area contributed by atoms with E-state index in [1.165, 1.54) is 0 Å². The van der Waals surface area contributed by atoms with Crippen LogP contribution in [-0.4, -0.2) is 15.8 Å². The Labute approximate surface area is 109 Å². The Balaban J connectivity index is 2.87. The molecule has 0 fully saturated rings. The van der Waals surface area contributed by atoms with Gasteiger partial charge < -0.3 is 5.73 Å². The predicted molar refractivity (Wildman–Crippen MR) is 73.3 cm³/mol. The van der Waals surface area contributed by atoms with E-state index < -0.39 is 0 Å². The lowest BCUT2D eigenvalue weighted by Crippen LogP contribution is -2.34. The number of hydrogen-bond acceptors (Lipinski definition) is 2. The number of rotatable bonds is 5. The molecule has 0 bridgehead atoms. The fourth-order valence-electron chi connectivity index (χ4n) is 1.97. The molecule has 2 unspecified atom stereocenters. The van der Waals surface area contributed by atoms with Gasteiger partial charge in [-0.2, -0.15) is 5.10 Å². The second-order valence-electron chi connectivity index (χ2n) is 5.13. The zero-order chi connectivity index (χ0) is 13.2. The lowest BCUT2D eigenvalue weighted by Gasteiger charge is -2.23. The largest absolute Gasteiger partial charge is 0.327 e. The molecule has 0 radical (unpaired) electrons. The lowest BCUT2D eigenvalue weighted by atomic mass is 9.88. The van der Waals surface area contributed by atoms with Gasteiger partial charge in [-0.3, -0.25) is 4.68 Å². The molecule has 1 heterocycles. The van der Waals surface area contributed by atoms with Gasteiger partial charge >= 0.3 is 0 Å². The normalized spacial score (nSPS) is 15.3. The summed E-state index contributed by atoms with van der Waals surface area (Å²) in [6.45, 7) is 11.5. The van der Waals surface area contributed by atoms with Crippen molar-refractivity contribution in [3.05, 3.63) is 16.4 Å². The Morgan fingerprint density at radius 3 is 2.41 bits per heavy atom. The van der Waals surface area contributed by atoms with Crippen molar-refractivity contribution in [2.24, 2.45) is 17.6 Å². The molecule has 0 aliphatic carbocycles. The molecule has 1 aromatic heterocycles. The minimum atomic E-state index is 0.133. The van der Waals surface area contributed by atoms with Crippen LogP contribution in [0.5, 0.6) is 0 Å². The Morgan fingerprint density at radius 1 is 1.35 bits per heavy atom. The van der Waals surface area contributed by atoms with Gasteiger partial charge in [0.1, 0.15) is 0 Å². The molecule has 0 aliphatic rings. The van der Waals surface area contributed by atoms with Crippen LogP contribution in [0, 0.1) is 18.8 Å². The van der Waals surface area contributed by atoms with Gasteiger partial charge in [-0.15, -0.1) is 0 Å². The zero-order valence-electron chi connectivity index (χ0n) is 11.5. The molecule has 1 rings (SSSR count). The first kappa shape index (κ1) is 14.5. The molecule has 0 saturated carbocycles. The summed E-state index contributed by atoms with van der Waals surface area (Å²) < 4.78 is 1.96. The summed E-state index contributed by atoms with van der Waals surface area (Å²) in [4.78, 5) is 0. The van der Waals surface area contributed by atoms with Crippen molar-refractivity contribution in [1.29, 1.82) is 0 Å². The minimum absolute atomic E-state index is 0.133. The van der Waals surface area contributed by atoms with Crippen LogP contribution in [0.1, 0.15) is 39.1 Å². The summed E-state index contributed by atoms with van der Waals surface area (Å²) >= 11 is 6.28. The van der Waals surface area contributed by atoms with Crippen LogP contribution in [0.25, 0.3) is 0 Å². The fourth-order valence-corrected chi connectivity index (χ4v) is 2.18. The summed E-state index contributed by atoms with van der Waals surface area (Å²) in [7, 11) is 0. The van der Waals surface area contributed by atoms with Crippen molar-refractivity contribution in [3.8, 4) is 0 Å². The third-order valence-corrected chi connectivity index (χ3v) is 4.10. The molecule has 1 aromatic rings. The van der Waals surface area contributed by atoms with Crippen LogP contribution >= 0.6 is 11.6 Å². The van der Waals surface area contributed by atoms with Crippen molar-refractivity contribution in [1.82, 2.24) is 9.78 Å². The maximum atomic E-state index is 6.28. The lowest BCUT2D eigenvalue weighted by molar-refractivity contribution is 0.339. The van der Waals surface area contributed by atoms with E-state index in [2.05, 4.69) is 32.8 Å². The van der Waals surface area contributed by atoms with Crippen LogP contribution in [0.2, 0.25) is 5.02 Å². The van der Waals surface area contributed by atoms with Crippen LogP contribution in [0.15, 0.2) is 0 Å². The number of aromatic nitrogens is 2. The Bertz CT molecular complexity index is 371. The number of aryl methyl sites for hydroxylation is 2. The topological polar surface area (TPSA) is 43.8 Å². The number of hydrogen-bond donors (Lipinski definition) is 1. The maximum absolute atomic E-state index is 6.28. The SMILES string of the molecule is CCn1nc(C)c(Cl)c1CC(N)C(C)C(C)C. The highest BCUT2D eigenvalue weighted by Gasteiger charge is 2.21. The van der Waals surface area contributed by atoms with Gasteiger partial charge in [0.15, 0.2) is 0 Å². The summed E-state index contributed by atoms with van der Waals surface area (Å²) in [5, 5.41) is 5.19. The van der Waals surface area contributed by atoms with Gasteiger partial charge in [0.05, 0.1) is 16.4 Å². The van der Waals surface area contributed by atoms with Gasteiger partial charge in [-0.05, 0) is 25.7 Å². The molecular formula is C13H24ClN3. The highest BCUT2D eigenvalue weighted by Crippen LogP contribution is 2.24. The highest BCUT2D eigenvalue weighted by molar-refractivity contribution is 6.31. The van der Waals surface area contributed by atoms with Crippen LogP contribution in [-0.2, 0) is 13.0 Å². The van der Waals surface area contributed by atoms with E-state index in [-0.39, 0.29) is 6.04 Å². The average molecular weight is 258 g/mol. The third-order valence-electron chi connectivity index (χ3n) is 3.61. The molecule has 0 aromatic carbocycles. The molecule has 0 spiro atoms. The van der Waals surface area contributed by atoms with E-state index in [0.29, 0.717) is 11.8 Å². The smallest absolute Gasteiger partial charge is 0.0847 e. The Kier molecular flexibility index (Phi) is 5.02. The molecule has 4 heteroatoms. The zero-order valence-corrected chi connectivity index (χ0v) is 12.3. The predicted octanol–water partition coefficient (Wildman–Crippen LogP) is 3.03. The van der Waals surface area contributed by atoms with Gasteiger partial charge in [0.2, 0.25) is 0 Å². The second-order valence-corrected chi connectivity index (χ2v) is 5.51. The summed E-state index contributed by atoms with van der Waals surface area (Å²) in [6.07, 6.45) is 0.798. The molecule has 17 heavy (non-hydrogen) atoms. The molecule has 0 aliphatic heterocycles. The van der Waals surface area contributed by atoms with Crippen molar-refractivity contribution in [2.45, 2.75) is 53.6 Å². The summed E-state index contributed by atoms with van der Waals surface area (Å²) in [6, 6.07) is 0.133. The molecule has 0 amide bonds. The van der Waals surface area contributed by atoms with Gasteiger partial charge in [0.25, 0.3) is 0 Å². The summed E-state index contributed by atoms with van der Waals surface area (Å²) in [5.41, 5.74) is 8.22. The average Bonchev–Trinajstić information content (AvgIpc) is 2.55. The minimum Gasteiger partial charge on any atom is -0.327 e. The van der Waals surface area contributed by atoms with E-state index in [9.17, 15) is 0 Å². The number of nitrogens with zero attached hydrogens (tertiary/aromatic N) is 2. The number of nitrogens with two attached hydrogens (primary N) is 1. The quantitative estimate of drug-likeness (QED) is 0.881. The maximum Gasteiger partial charge on any atom is 0.0847 e. The first-order valence-corrected chi connectivity index (χ1v) is 6.73. The van der Waals surface area contributed by atoms with E-state index in [4.69, 9.17) is 17.3 Å². The molecule has 0 saturated heterocycles. The highest BCUT2D eigenvalue weighted by atomic mass is 35.5. The second kappa shape index (κ2) is 5.87. The van der Waals surface area contributed by atoms with Crippen LogP contribution < -0.4 is 5.73 Å². The Morgan fingerprint density at radius 2 is 1.94 bits per heavy atom. The van der Waals surface area contributed by atoms with E-state index in [1.807, 2.05) is 11.6 Å². The molecule has 3 nitrogen and oxygen atoms in total. The van der Waals surface area contributed by atoms with Crippen LogP contribution in [0.3, 0.4) is 0 Å². The number of halogens is 1. The van der Waals surface area contributed by atoms with Gasteiger partial charge in [-0.25, -0.2) is 0 Å². The standard InChI is InChI=1S/C13H24ClN3/c1-6-17-12(13(14)10(5)16-17)7-11(15)9(4)8(2)3/h8-9,11H,6-7,15H2,1-5H3. The van der Waals surface area contributed by atoms with E-state index >= 15 is 0 Å². The van der Waals surface area contributed by atoms with Gasteiger partial charge in [0, 0.05) is 19.0 Å². The van der Waals surface area contributed by atoms with Crippen molar-refractivity contribution >= 4 is 11.6 Å². The van der Waals surface area contributed by atoms with E-state index in [0.717, 1.165) is 29.4 Å². The fraction of sp³-hybridized carbons (Fsp3) is 0.769. The Hall–Kier alpha value is -0.540.